The molecule has 0 spiro atoms. The van der Waals surface area contributed by atoms with Crippen molar-refractivity contribution in [2.45, 2.75) is 59.1 Å². The largest absolute Gasteiger partial charge is 0.490 e. The lowest BCUT2D eigenvalue weighted by molar-refractivity contribution is -0.0318. The standard InChI is InChI=1S/C23H39N3O4/c1-5-24-23(25-13-8-14-30-20-11-15-27-16-12-20)26-18(4)19-9-10-21(28-6-2)22(17-19)29-7-3/h9-10,17-18,20H,5-8,11-16H2,1-4H3,(H2,24,25,26). The molecule has 2 rings (SSSR count). The highest BCUT2D eigenvalue weighted by molar-refractivity contribution is 5.80. The van der Waals surface area contributed by atoms with Crippen molar-refractivity contribution in [3.8, 4) is 11.5 Å². The van der Waals surface area contributed by atoms with Gasteiger partial charge in [0, 0.05) is 32.9 Å². The van der Waals surface area contributed by atoms with Crippen LogP contribution >= 0.6 is 0 Å². The van der Waals surface area contributed by atoms with Gasteiger partial charge in [0.25, 0.3) is 0 Å². The molecule has 2 N–H and O–H groups in total. The summed E-state index contributed by atoms with van der Waals surface area (Å²) in [6, 6.07) is 6.16. The summed E-state index contributed by atoms with van der Waals surface area (Å²) in [5.41, 5.74) is 1.12. The summed E-state index contributed by atoms with van der Waals surface area (Å²) in [5.74, 6) is 2.36. The lowest BCUT2D eigenvalue weighted by Crippen LogP contribution is -2.38. The van der Waals surface area contributed by atoms with E-state index in [1.54, 1.807) is 0 Å². The predicted octanol–water partition coefficient (Wildman–Crippen LogP) is 3.69. The SMILES string of the molecule is CCNC(=NCCCOC1CCOCC1)NC(C)c1ccc(OCC)c(OCC)c1. The summed E-state index contributed by atoms with van der Waals surface area (Å²) in [5, 5.41) is 6.80. The third-order valence-corrected chi connectivity index (χ3v) is 4.86. The Hall–Kier alpha value is -1.99. The second-order valence-electron chi connectivity index (χ2n) is 7.23. The second-order valence-corrected chi connectivity index (χ2v) is 7.23. The Kier molecular flexibility index (Phi) is 11.4. The highest BCUT2D eigenvalue weighted by atomic mass is 16.5. The van der Waals surface area contributed by atoms with Crippen LogP contribution in [0.3, 0.4) is 0 Å². The van der Waals surface area contributed by atoms with Crippen molar-refractivity contribution in [2.24, 2.45) is 4.99 Å². The summed E-state index contributed by atoms with van der Waals surface area (Å²) >= 11 is 0. The van der Waals surface area contributed by atoms with Crippen molar-refractivity contribution >= 4 is 5.96 Å². The van der Waals surface area contributed by atoms with Crippen LogP contribution in [-0.4, -0.2) is 58.2 Å². The average molecular weight is 422 g/mol. The Morgan fingerprint density at radius 1 is 1.13 bits per heavy atom. The van der Waals surface area contributed by atoms with Crippen molar-refractivity contribution in [1.82, 2.24) is 10.6 Å². The van der Waals surface area contributed by atoms with Crippen LogP contribution in [0, 0.1) is 0 Å². The van der Waals surface area contributed by atoms with Crippen molar-refractivity contribution < 1.29 is 18.9 Å². The zero-order valence-corrected chi connectivity index (χ0v) is 19.0. The van der Waals surface area contributed by atoms with Gasteiger partial charge in [0.1, 0.15) is 0 Å². The van der Waals surface area contributed by atoms with Crippen LogP contribution in [0.4, 0.5) is 0 Å². The first-order chi connectivity index (χ1) is 14.7. The minimum absolute atomic E-state index is 0.0798. The number of nitrogens with one attached hydrogen (secondary N) is 2. The summed E-state index contributed by atoms with van der Waals surface area (Å²) in [6.45, 7) is 13.2. The van der Waals surface area contributed by atoms with E-state index in [0.717, 1.165) is 75.2 Å². The molecule has 170 valence electrons. The van der Waals surface area contributed by atoms with Gasteiger partial charge in [-0.2, -0.15) is 0 Å². The first-order valence-electron chi connectivity index (χ1n) is 11.3. The maximum atomic E-state index is 5.93. The molecule has 0 amide bonds. The Balaban J connectivity index is 1.87. The highest BCUT2D eigenvalue weighted by Gasteiger charge is 2.14. The molecule has 1 unspecified atom stereocenters. The molecule has 0 bridgehead atoms. The van der Waals surface area contributed by atoms with Crippen molar-refractivity contribution in [3.63, 3.8) is 0 Å². The molecule has 1 heterocycles. The first kappa shape index (κ1) is 24.3. The van der Waals surface area contributed by atoms with Crippen molar-refractivity contribution in [1.29, 1.82) is 0 Å². The monoisotopic (exact) mass is 421 g/mol. The normalized spacial score (nSPS) is 16.2. The third kappa shape index (κ3) is 8.40. The van der Waals surface area contributed by atoms with Gasteiger partial charge < -0.3 is 29.6 Å². The summed E-state index contributed by atoms with van der Waals surface area (Å²) in [7, 11) is 0. The number of hydrogen-bond acceptors (Lipinski definition) is 5. The van der Waals surface area contributed by atoms with E-state index in [1.165, 1.54) is 0 Å². The van der Waals surface area contributed by atoms with Gasteiger partial charge in [0.2, 0.25) is 0 Å². The molecular formula is C23H39N3O4. The van der Waals surface area contributed by atoms with Crippen LogP contribution < -0.4 is 20.1 Å². The van der Waals surface area contributed by atoms with E-state index in [0.29, 0.717) is 19.3 Å². The van der Waals surface area contributed by atoms with Crippen LogP contribution in [0.15, 0.2) is 23.2 Å². The van der Waals surface area contributed by atoms with Gasteiger partial charge in [-0.25, -0.2) is 0 Å². The van der Waals surface area contributed by atoms with Crippen molar-refractivity contribution in [3.05, 3.63) is 23.8 Å². The number of hydrogen-bond donors (Lipinski definition) is 2. The van der Waals surface area contributed by atoms with E-state index in [1.807, 2.05) is 26.0 Å². The molecule has 0 aliphatic carbocycles. The van der Waals surface area contributed by atoms with Crippen molar-refractivity contribution in [2.75, 3.05) is 46.1 Å². The lowest BCUT2D eigenvalue weighted by Gasteiger charge is -2.22. The number of benzene rings is 1. The molecule has 1 aromatic carbocycles. The van der Waals surface area contributed by atoms with E-state index in [2.05, 4.69) is 30.5 Å². The molecule has 1 fully saturated rings. The van der Waals surface area contributed by atoms with E-state index in [-0.39, 0.29) is 6.04 Å². The van der Waals surface area contributed by atoms with Gasteiger partial charge in [-0.3, -0.25) is 4.99 Å². The zero-order valence-electron chi connectivity index (χ0n) is 19.0. The molecule has 1 aliphatic rings. The van der Waals surface area contributed by atoms with E-state index in [9.17, 15) is 0 Å². The van der Waals surface area contributed by atoms with E-state index in [4.69, 9.17) is 23.9 Å². The van der Waals surface area contributed by atoms with Gasteiger partial charge >= 0.3 is 0 Å². The van der Waals surface area contributed by atoms with Gasteiger partial charge in [-0.15, -0.1) is 0 Å². The lowest BCUT2D eigenvalue weighted by atomic mass is 10.1. The molecule has 1 saturated heterocycles. The molecule has 7 heteroatoms. The topological polar surface area (TPSA) is 73.3 Å². The minimum atomic E-state index is 0.0798. The number of aliphatic imine (C=N–C) groups is 1. The molecule has 7 nitrogen and oxygen atoms in total. The smallest absolute Gasteiger partial charge is 0.191 e. The van der Waals surface area contributed by atoms with Gasteiger partial charge in [0.05, 0.1) is 25.4 Å². The third-order valence-electron chi connectivity index (χ3n) is 4.86. The Morgan fingerprint density at radius 2 is 1.87 bits per heavy atom. The van der Waals surface area contributed by atoms with E-state index < -0.39 is 0 Å². The summed E-state index contributed by atoms with van der Waals surface area (Å²) in [4.78, 5) is 4.70. The van der Waals surface area contributed by atoms with Gasteiger partial charge in [-0.1, -0.05) is 6.07 Å². The molecule has 1 atom stereocenters. The summed E-state index contributed by atoms with van der Waals surface area (Å²) in [6.07, 6.45) is 3.24. The molecule has 0 saturated carbocycles. The fourth-order valence-corrected chi connectivity index (χ4v) is 3.29. The van der Waals surface area contributed by atoms with Gasteiger partial charge in [-0.05, 0) is 64.7 Å². The van der Waals surface area contributed by atoms with Crippen LogP contribution in [0.1, 0.15) is 58.6 Å². The average Bonchev–Trinajstić information content (AvgIpc) is 2.76. The minimum Gasteiger partial charge on any atom is -0.490 e. The quantitative estimate of drug-likeness (QED) is 0.305. The highest BCUT2D eigenvalue weighted by Crippen LogP contribution is 2.30. The van der Waals surface area contributed by atoms with Crippen LogP contribution in [-0.2, 0) is 9.47 Å². The Labute approximate surface area is 181 Å². The zero-order chi connectivity index (χ0) is 21.6. The van der Waals surface area contributed by atoms with Gasteiger partial charge in [0.15, 0.2) is 17.5 Å². The molecule has 1 aromatic rings. The molecule has 30 heavy (non-hydrogen) atoms. The Morgan fingerprint density at radius 3 is 2.57 bits per heavy atom. The van der Waals surface area contributed by atoms with Crippen LogP contribution in [0.2, 0.25) is 0 Å². The fourth-order valence-electron chi connectivity index (χ4n) is 3.29. The Bertz CT molecular complexity index is 633. The molecule has 0 aromatic heterocycles. The molecule has 0 radical (unpaired) electrons. The fraction of sp³-hybridized carbons (Fsp3) is 0.696. The maximum absolute atomic E-state index is 5.93. The predicted molar refractivity (Wildman–Crippen MR) is 121 cm³/mol. The molecule has 1 aliphatic heterocycles. The number of guanidine groups is 1. The molecular weight excluding hydrogens is 382 g/mol. The number of rotatable bonds is 12. The number of ether oxygens (including phenoxy) is 4. The number of nitrogens with zero attached hydrogens (tertiary/aromatic N) is 1. The second kappa shape index (κ2) is 14.1. The first-order valence-corrected chi connectivity index (χ1v) is 11.3. The van der Waals surface area contributed by atoms with Crippen LogP contribution in [0.25, 0.3) is 0 Å². The van der Waals surface area contributed by atoms with Crippen LogP contribution in [0.5, 0.6) is 11.5 Å². The maximum Gasteiger partial charge on any atom is 0.191 e. The summed E-state index contributed by atoms with van der Waals surface area (Å²) < 4.78 is 22.7. The van der Waals surface area contributed by atoms with E-state index >= 15 is 0 Å².